The molecule has 0 atom stereocenters. The van der Waals surface area contributed by atoms with Gasteiger partial charge in [0, 0.05) is 13.2 Å². The summed E-state index contributed by atoms with van der Waals surface area (Å²) in [5.74, 6) is 0. The van der Waals surface area contributed by atoms with Crippen LogP contribution in [0.3, 0.4) is 0 Å². The van der Waals surface area contributed by atoms with Crippen molar-refractivity contribution in [3.05, 3.63) is 0 Å². The van der Waals surface area contributed by atoms with Crippen molar-refractivity contribution in [3.8, 4) is 0 Å². The smallest absolute Gasteiger partial charge is 0.0701 e. The van der Waals surface area contributed by atoms with Crippen molar-refractivity contribution in [3.63, 3.8) is 0 Å². The second-order valence-electron chi connectivity index (χ2n) is 16.5. The Kier molecular flexibility index (Phi) is 61.1. The van der Waals surface area contributed by atoms with Crippen LogP contribution in [0.1, 0.15) is 174 Å². The summed E-state index contributed by atoms with van der Waals surface area (Å²) < 4.78 is 66.9. The van der Waals surface area contributed by atoms with Crippen LogP contribution >= 0.6 is 0 Å². The van der Waals surface area contributed by atoms with Gasteiger partial charge in [-0.3, -0.25) is 0 Å². The van der Waals surface area contributed by atoms with Crippen molar-refractivity contribution in [1.82, 2.24) is 0 Å². The summed E-state index contributed by atoms with van der Waals surface area (Å²) >= 11 is 0. The van der Waals surface area contributed by atoms with Gasteiger partial charge in [-0.2, -0.15) is 0 Å². The standard InChI is InChI=1S/C51H104O12/c1-3-5-7-9-11-13-15-16-17-19-21-23-25-27-29-53-31-33-55-35-37-57-39-41-59-43-45-61-47-49-63-51-50-62-48-46-60-44-42-58-40-38-56-36-34-54-32-30-52-28-26-24-22-20-18-14-12-10-8-6-4-2/h3-51H2,1-2H3. The van der Waals surface area contributed by atoms with Crippen LogP contribution in [0, 0.1) is 0 Å². The molecule has 0 fully saturated rings. The molecule has 0 amide bonds. The minimum absolute atomic E-state index is 0.523. The zero-order valence-electron chi connectivity index (χ0n) is 41.5. The van der Waals surface area contributed by atoms with Crippen molar-refractivity contribution < 1.29 is 56.8 Å². The first-order valence-corrected chi connectivity index (χ1v) is 26.3. The fourth-order valence-corrected chi connectivity index (χ4v) is 6.79. The lowest BCUT2D eigenvalue weighted by atomic mass is 10.0. The molecule has 0 unspecified atom stereocenters. The highest BCUT2D eigenvalue weighted by molar-refractivity contribution is 4.51. The first-order valence-electron chi connectivity index (χ1n) is 26.3. The van der Waals surface area contributed by atoms with E-state index in [-0.39, 0.29) is 0 Å². The van der Waals surface area contributed by atoms with E-state index in [4.69, 9.17) is 56.8 Å². The van der Waals surface area contributed by atoms with Crippen molar-refractivity contribution in [2.24, 2.45) is 0 Å². The van der Waals surface area contributed by atoms with Gasteiger partial charge in [-0.25, -0.2) is 0 Å². The molecule has 0 saturated heterocycles. The second kappa shape index (κ2) is 61.5. The first kappa shape index (κ1) is 62.5. The van der Waals surface area contributed by atoms with Gasteiger partial charge in [-0.15, -0.1) is 0 Å². The van der Waals surface area contributed by atoms with E-state index in [9.17, 15) is 0 Å². The Balaban J connectivity index is 3.06. The van der Waals surface area contributed by atoms with E-state index in [2.05, 4.69) is 13.8 Å². The Hall–Kier alpha value is -0.480. The van der Waals surface area contributed by atoms with E-state index in [0.717, 1.165) is 26.1 Å². The predicted molar refractivity (Wildman–Crippen MR) is 257 cm³/mol. The molecule has 0 rings (SSSR count). The Bertz CT molecular complexity index is 708. The third-order valence-electron chi connectivity index (χ3n) is 10.6. The highest BCUT2D eigenvalue weighted by Crippen LogP contribution is 2.13. The lowest BCUT2D eigenvalue weighted by molar-refractivity contribution is -0.0284. The molecular weight excluding hydrogens is 805 g/mol. The van der Waals surface area contributed by atoms with Crippen LogP contribution in [0.4, 0.5) is 0 Å². The van der Waals surface area contributed by atoms with Gasteiger partial charge in [0.25, 0.3) is 0 Å². The van der Waals surface area contributed by atoms with Crippen molar-refractivity contribution >= 4 is 0 Å². The van der Waals surface area contributed by atoms with Crippen LogP contribution in [0.25, 0.3) is 0 Å². The second-order valence-corrected chi connectivity index (χ2v) is 16.5. The molecule has 0 radical (unpaired) electrons. The molecule has 0 bridgehead atoms. The minimum Gasteiger partial charge on any atom is -0.379 e. The molecule has 0 aliphatic rings. The maximum Gasteiger partial charge on any atom is 0.0701 e. The van der Waals surface area contributed by atoms with Gasteiger partial charge in [-0.1, -0.05) is 162 Å². The molecule has 0 aromatic carbocycles. The van der Waals surface area contributed by atoms with Gasteiger partial charge in [0.2, 0.25) is 0 Å². The molecule has 12 heteroatoms. The Morgan fingerprint density at radius 2 is 0.238 bits per heavy atom. The Morgan fingerprint density at radius 3 is 0.381 bits per heavy atom. The summed E-state index contributed by atoms with van der Waals surface area (Å²) in [5.41, 5.74) is 0. The van der Waals surface area contributed by atoms with Gasteiger partial charge >= 0.3 is 0 Å². The normalized spacial score (nSPS) is 11.7. The quantitative estimate of drug-likeness (QED) is 0.0542. The first-order chi connectivity index (χ1) is 31.4. The van der Waals surface area contributed by atoms with Crippen LogP contribution in [-0.4, -0.2) is 159 Å². The monoisotopic (exact) mass is 909 g/mol. The molecule has 0 N–H and O–H groups in total. The summed E-state index contributed by atoms with van der Waals surface area (Å²) in [6.07, 6.45) is 34.1. The summed E-state index contributed by atoms with van der Waals surface area (Å²) in [6, 6.07) is 0. The number of hydrogen-bond donors (Lipinski definition) is 0. The van der Waals surface area contributed by atoms with E-state index < -0.39 is 0 Å². The van der Waals surface area contributed by atoms with Crippen LogP contribution in [-0.2, 0) is 56.8 Å². The summed E-state index contributed by atoms with van der Waals surface area (Å²) in [7, 11) is 0. The van der Waals surface area contributed by atoms with E-state index in [1.165, 1.54) is 148 Å². The lowest BCUT2D eigenvalue weighted by Crippen LogP contribution is -2.15. The fraction of sp³-hybridized carbons (Fsp3) is 1.00. The zero-order valence-corrected chi connectivity index (χ0v) is 41.5. The van der Waals surface area contributed by atoms with Crippen molar-refractivity contribution in [2.75, 3.05) is 159 Å². The van der Waals surface area contributed by atoms with Crippen molar-refractivity contribution in [1.29, 1.82) is 0 Å². The van der Waals surface area contributed by atoms with Gasteiger partial charge < -0.3 is 56.8 Å². The lowest BCUT2D eigenvalue weighted by Gasteiger charge is -2.09. The third-order valence-corrected chi connectivity index (χ3v) is 10.6. The summed E-state index contributed by atoms with van der Waals surface area (Å²) in [6.45, 7) is 18.5. The fourth-order valence-electron chi connectivity index (χ4n) is 6.79. The molecule has 0 aliphatic carbocycles. The SMILES string of the molecule is CCCCCCCCCCCCCCCCOCCOCCOCCOCCOCCOCCOCCOCCOCCOCCOCCOCCCCCCCCCCCCC. The molecular formula is C51H104O12. The highest BCUT2D eigenvalue weighted by Gasteiger charge is 1.99. The molecule has 0 heterocycles. The molecule has 0 spiro atoms. The van der Waals surface area contributed by atoms with Crippen LogP contribution < -0.4 is 0 Å². The molecule has 63 heavy (non-hydrogen) atoms. The van der Waals surface area contributed by atoms with Crippen LogP contribution in [0.15, 0.2) is 0 Å². The number of hydrogen-bond acceptors (Lipinski definition) is 12. The van der Waals surface area contributed by atoms with Gasteiger partial charge in [0.1, 0.15) is 0 Å². The molecule has 12 nitrogen and oxygen atoms in total. The molecule has 0 aromatic heterocycles. The minimum atomic E-state index is 0.523. The third kappa shape index (κ3) is 61.5. The molecule has 0 aliphatic heterocycles. The van der Waals surface area contributed by atoms with E-state index >= 15 is 0 Å². The molecule has 380 valence electrons. The van der Waals surface area contributed by atoms with Gasteiger partial charge in [0.05, 0.1) is 145 Å². The number of ether oxygens (including phenoxy) is 12. The maximum atomic E-state index is 5.70. The summed E-state index contributed by atoms with van der Waals surface area (Å²) in [4.78, 5) is 0. The average Bonchev–Trinajstić information content (AvgIpc) is 3.29. The van der Waals surface area contributed by atoms with Crippen LogP contribution in [0.5, 0.6) is 0 Å². The van der Waals surface area contributed by atoms with Crippen molar-refractivity contribution in [2.45, 2.75) is 174 Å². The molecule has 0 saturated carbocycles. The Labute approximate surface area is 388 Å². The average molecular weight is 909 g/mol. The largest absolute Gasteiger partial charge is 0.379 e. The highest BCUT2D eigenvalue weighted by atomic mass is 16.6. The van der Waals surface area contributed by atoms with Gasteiger partial charge in [0.15, 0.2) is 0 Å². The number of rotatable bonds is 60. The predicted octanol–water partition coefficient (Wildman–Crippen LogP) is 11.0. The van der Waals surface area contributed by atoms with E-state index in [1.807, 2.05) is 0 Å². The summed E-state index contributed by atoms with van der Waals surface area (Å²) in [5, 5.41) is 0. The van der Waals surface area contributed by atoms with E-state index in [0.29, 0.717) is 145 Å². The van der Waals surface area contributed by atoms with Crippen LogP contribution in [0.2, 0.25) is 0 Å². The van der Waals surface area contributed by atoms with Gasteiger partial charge in [-0.05, 0) is 12.8 Å². The Morgan fingerprint density at radius 1 is 0.127 bits per heavy atom. The van der Waals surface area contributed by atoms with E-state index in [1.54, 1.807) is 0 Å². The zero-order chi connectivity index (χ0) is 45.1. The number of unbranched alkanes of at least 4 members (excludes halogenated alkanes) is 23. The topological polar surface area (TPSA) is 111 Å². The maximum absolute atomic E-state index is 5.70. The molecule has 0 aromatic rings.